The molecule has 0 atom stereocenters. The van der Waals surface area contributed by atoms with Crippen LogP contribution in [-0.2, 0) is 0 Å². The first-order valence-corrected chi connectivity index (χ1v) is 9.33. The van der Waals surface area contributed by atoms with E-state index in [1.807, 2.05) is 36.4 Å². The summed E-state index contributed by atoms with van der Waals surface area (Å²) in [6.45, 7) is 0. The molecule has 0 aliphatic carbocycles. The third kappa shape index (κ3) is 3.33. The topological polar surface area (TPSA) is 86.5 Å². The van der Waals surface area contributed by atoms with Crippen LogP contribution in [0.25, 0.3) is 33.7 Å². The molecular weight excluding hydrogens is 381 g/mol. The van der Waals surface area contributed by atoms with Gasteiger partial charge in [0.2, 0.25) is 0 Å². The molecule has 2 heterocycles. The van der Waals surface area contributed by atoms with Crippen molar-refractivity contribution >= 4 is 22.6 Å². The highest BCUT2D eigenvalue weighted by Gasteiger charge is 2.14. The van der Waals surface area contributed by atoms with Crippen LogP contribution in [0.2, 0.25) is 0 Å². The van der Waals surface area contributed by atoms with Crippen LogP contribution in [0.3, 0.4) is 0 Å². The number of carbonyl (C=O) groups excluding carboxylic acids is 1. The summed E-state index contributed by atoms with van der Waals surface area (Å²) in [6, 6.07) is 21.1. The summed E-state index contributed by atoms with van der Waals surface area (Å²) in [5.41, 5.74) is 4.64. The van der Waals surface area contributed by atoms with Gasteiger partial charge in [-0.2, -0.15) is 5.10 Å². The van der Waals surface area contributed by atoms with Gasteiger partial charge in [0.1, 0.15) is 11.6 Å². The first-order valence-electron chi connectivity index (χ1n) is 9.33. The molecule has 0 radical (unpaired) electrons. The van der Waals surface area contributed by atoms with Gasteiger partial charge in [-0.25, -0.2) is 9.37 Å². The molecule has 0 fully saturated rings. The highest BCUT2D eigenvalue weighted by molar-refractivity contribution is 6.05. The zero-order valence-corrected chi connectivity index (χ0v) is 15.7. The fourth-order valence-corrected chi connectivity index (χ4v) is 3.28. The Labute approximate surface area is 170 Å². The Bertz CT molecular complexity index is 1310. The lowest BCUT2D eigenvalue weighted by atomic mass is 10.1. The van der Waals surface area contributed by atoms with Gasteiger partial charge < -0.3 is 10.3 Å². The van der Waals surface area contributed by atoms with Crippen molar-refractivity contribution in [1.82, 2.24) is 20.2 Å². The van der Waals surface area contributed by atoms with Gasteiger partial charge in [0, 0.05) is 23.0 Å². The number of H-pyrrole nitrogens is 2. The molecule has 2 aromatic heterocycles. The van der Waals surface area contributed by atoms with Crippen LogP contribution in [-0.4, -0.2) is 26.1 Å². The van der Waals surface area contributed by atoms with E-state index in [-0.39, 0.29) is 5.56 Å². The highest BCUT2D eigenvalue weighted by atomic mass is 19.1. The summed E-state index contributed by atoms with van der Waals surface area (Å²) < 4.78 is 14.3. The van der Waals surface area contributed by atoms with Crippen LogP contribution in [0, 0.1) is 5.82 Å². The maximum Gasteiger partial charge on any atom is 0.258 e. The number of rotatable bonds is 4. The second-order valence-corrected chi connectivity index (χ2v) is 6.80. The molecule has 1 amide bonds. The lowest BCUT2D eigenvalue weighted by Crippen LogP contribution is -2.13. The molecule has 3 N–H and O–H groups in total. The highest BCUT2D eigenvalue weighted by Crippen LogP contribution is 2.24. The number of anilines is 1. The van der Waals surface area contributed by atoms with Crippen molar-refractivity contribution in [3.63, 3.8) is 0 Å². The van der Waals surface area contributed by atoms with Gasteiger partial charge in [0.25, 0.3) is 5.91 Å². The largest absolute Gasteiger partial charge is 0.338 e. The molecule has 3 aromatic carbocycles. The van der Waals surface area contributed by atoms with E-state index < -0.39 is 11.7 Å². The maximum absolute atomic E-state index is 14.3. The van der Waals surface area contributed by atoms with Crippen LogP contribution in [0.15, 0.2) is 79.0 Å². The molecule has 0 saturated carbocycles. The monoisotopic (exact) mass is 397 g/mol. The van der Waals surface area contributed by atoms with Crippen molar-refractivity contribution in [1.29, 1.82) is 0 Å². The van der Waals surface area contributed by atoms with Gasteiger partial charge >= 0.3 is 0 Å². The number of hydrogen-bond donors (Lipinski definition) is 3. The van der Waals surface area contributed by atoms with Crippen molar-refractivity contribution in [2.45, 2.75) is 0 Å². The Morgan fingerprint density at radius 2 is 1.73 bits per heavy atom. The Hall–Kier alpha value is -4.26. The number of benzene rings is 3. The third-order valence-electron chi connectivity index (χ3n) is 4.83. The number of aromatic nitrogens is 4. The van der Waals surface area contributed by atoms with Gasteiger partial charge in [-0.15, -0.1) is 0 Å². The molecule has 5 rings (SSSR count). The molecule has 30 heavy (non-hydrogen) atoms. The zero-order chi connectivity index (χ0) is 20.5. The van der Waals surface area contributed by atoms with E-state index in [4.69, 9.17) is 0 Å². The predicted molar refractivity (Wildman–Crippen MR) is 113 cm³/mol. The fourth-order valence-electron chi connectivity index (χ4n) is 3.28. The average molecular weight is 397 g/mol. The normalized spacial score (nSPS) is 11.0. The van der Waals surface area contributed by atoms with E-state index in [1.165, 1.54) is 12.1 Å². The fraction of sp³-hybridized carbons (Fsp3) is 0. The third-order valence-corrected chi connectivity index (χ3v) is 4.83. The summed E-state index contributed by atoms with van der Waals surface area (Å²) in [4.78, 5) is 20.5. The van der Waals surface area contributed by atoms with Gasteiger partial charge in [-0.3, -0.25) is 9.89 Å². The lowest BCUT2D eigenvalue weighted by molar-refractivity contribution is 0.102. The minimum Gasteiger partial charge on any atom is -0.338 e. The Morgan fingerprint density at radius 1 is 0.933 bits per heavy atom. The first-order chi connectivity index (χ1) is 14.7. The van der Waals surface area contributed by atoms with Crippen molar-refractivity contribution in [3.8, 4) is 22.6 Å². The van der Waals surface area contributed by atoms with E-state index in [1.54, 1.807) is 30.5 Å². The summed E-state index contributed by atoms with van der Waals surface area (Å²) in [7, 11) is 0. The average Bonchev–Trinajstić information content (AvgIpc) is 3.44. The van der Waals surface area contributed by atoms with Crippen molar-refractivity contribution in [3.05, 3.63) is 90.4 Å². The predicted octanol–water partition coefficient (Wildman–Crippen LogP) is 5.01. The number of nitrogens with one attached hydrogen (secondary N) is 3. The second-order valence-electron chi connectivity index (χ2n) is 6.80. The molecule has 0 bridgehead atoms. The minimum atomic E-state index is -0.588. The molecule has 0 aliphatic rings. The number of fused-ring (bicyclic) bond motifs is 1. The molecule has 0 aliphatic heterocycles. The van der Waals surface area contributed by atoms with Crippen LogP contribution < -0.4 is 5.32 Å². The molecule has 6 nitrogen and oxygen atoms in total. The van der Waals surface area contributed by atoms with Gasteiger partial charge in [-0.1, -0.05) is 12.1 Å². The van der Waals surface area contributed by atoms with Crippen LogP contribution >= 0.6 is 0 Å². The number of carbonyl (C=O) groups is 1. The molecule has 146 valence electrons. The van der Waals surface area contributed by atoms with Crippen LogP contribution in [0.4, 0.5) is 10.1 Å². The summed E-state index contributed by atoms with van der Waals surface area (Å²) in [5, 5.41) is 9.43. The van der Waals surface area contributed by atoms with Gasteiger partial charge in [-0.05, 0) is 60.7 Å². The van der Waals surface area contributed by atoms with Crippen molar-refractivity contribution in [2.24, 2.45) is 0 Å². The van der Waals surface area contributed by atoms with Crippen LogP contribution in [0.1, 0.15) is 10.4 Å². The van der Waals surface area contributed by atoms with Crippen molar-refractivity contribution in [2.75, 3.05) is 5.32 Å². The number of hydrogen-bond acceptors (Lipinski definition) is 3. The number of amides is 1. The van der Waals surface area contributed by atoms with E-state index in [0.717, 1.165) is 22.4 Å². The summed E-state index contributed by atoms with van der Waals surface area (Å²) in [5.74, 6) is -0.368. The Balaban J connectivity index is 1.37. The molecule has 0 saturated heterocycles. The SMILES string of the molecule is O=C(Nc1ccc(-c2nc3ccccc3[nH]2)cc1)c1cc(-c2ccn[nH]2)ccc1F. The smallest absolute Gasteiger partial charge is 0.258 e. The summed E-state index contributed by atoms with van der Waals surface area (Å²) in [6.07, 6.45) is 1.60. The Morgan fingerprint density at radius 3 is 2.50 bits per heavy atom. The van der Waals surface area contributed by atoms with E-state index >= 15 is 0 Å². The summed E-state index contributed by atoms with van der Waals surface area (Å²) >= 11 is 0. The van der Waals surface area contributed by atoms with E-state index in [9.17, 15) is 9.18 Å². The van der Waals surface area contributed by atoms with Crippen molar-refractivity contribution < 1.29 is 9.18 Å². The molecule has 5 aromatic rings. The number of para-hydroxylation sites is 2. The van der Waals surface area contributed by atoms with Crippen LogP contribution in [0.5, 0.6) is 0 Å². The lowest BCUT2D eigenvalue weighted by Gasteiger charge is -2.08. The standard InChI is InChI=1S/C23H16FN5O/c24-18-10-7-15(19-11-12-25-29-19)13-17(18)23(30)26-16-8-5-14(6-9-16)22-27-20-3-1-2-4-21(20)28-22/h1-13H,(H,25,29)(H,26,30)(H,27,28). The first kappa shape index (κ1) is 17.8. The maximum atomic E-state index is 14.3. The molecule has 0 unspecified atom stereocenters. The zero-order valence-electron chi connectivity index (χ0n) is 15.7. The second kappa shape index (κ2) is 7.29. The molecule has 0 spiro atoms. The number of halogens is 1. The quantitative estimate of drug-likeness (QED) is 0.398. The number of aromatic amines is 2. The van der Waals surface area contributed by atoms with E-state index in [0.29, 0.717) is 16.9 Å². The van der Waals surface area contributed by atoms with Gasteiger partial charge in [0.05, 0.1) is 22.3 Å². The molecule has 7 heteroatoms. The van der Waals surface area contributed by atoms with E-state index in [2.05, 4.69) is 25.5 Å². The Kier molecular flexibility index (Phi) is 4.33. The minimum absolute atomic E-state index is 0.0385. The number of imidazole rings is 1. The number of nitrogens with zero attached hydrogens (tertiary/aromatic N) is 2. The van der Waals surface area contributed by atoms with Gasteiger partial charge in [0.15, 0.2) is 0 Å². The molecular formula is C23H16FN5O.